The fraction of sp³-hybridized carbons (Fsp3) is 0.400. The number of hydrogen-bond acceptors (Lipinski definition) is 6. The number of amides is 1. The molecule has 0 radical (unpaired) electrons. The third kappa shape index (κ3) is 4.86. The maximum absolute atomic E-state index is 13.0. The van der Waals surface area contributed by atoms with Crippen LogP contribution >= 0.6 is 0 Å². The number of sulfonamides is 1. The molecule has 9 heteroatoms. The van der Waals surface area contributed by atoms with Gasteiger partial charge in [0.2, 0.25) is 10.0 Å². The van der Waals surface area contributed by atoms with Crippen LogP contribution in [0.15, 0.2) is 41.4 Å². The molecular formula is C20H25N3O5S. The van der Waals surface area contributed by atoms with Crippen LogP contribution in [-0.4, -0.2) is 37.6 Å². The van der Waals surface area contributed by atoms with Gasteiger partial charge in [0.25, 0.3) is 5.91 Å². The maximum atomic E-state index is 13.0. The number of methoxy groups -OCH3 is 1. The molecule has 0 bridgehead atoms. The topological polar surface area (TPSA) is 118 Å². The van der Waals surface area contributed by atoms with E-state index in [0.29, 0.717) is 0 Å². The highest BCUT2D eigenvalue weighted by Crippen LogP contribution is 2.29. The number of carbonyl (C=O) groups excluding carboxylic acids is 1. The van der Waals surface area contributed by atoms with Crippen LogP contribution in [0.2, 0.25) is 0 Å². The molecular weight excluding hydrogens is 394 g/mol. The summed E-state index contributed by atoms with van der Waals surface area (Å²) in [6, 6.07) is 6.93. The first-order valence-corrected chi connectivity index (χ1v) is 11.0. The van der Waals surface area contributed by atoms with E-state index in [1.807, 2.05) is 6.92 Å². The Balaban J connectivity index is 1.88. The fourth-order valence-corrected chi connectivity index (χ4v) is 5.03. The number of carbonyl (C=O) groups is 1. The lowest BCUT2D eigenvalue weighted by Gasteiger charge is -2.29. The number of hydrogen-bond donors (Lipinski definition) is 3. The molecule has 0 spiro atoms. The van der Waals surface area contributed by atoms with Crippen LogP contribution in [0.25, 0.3) is 0 Å². The smallest absolute Gasteiger partial charge is 0.256 e. The fourth-order valence-electron chi connectivity index (χ4n) is 3.45. The number of aromatic nitrogens is 1. The first kappa shape index (κ1) is 21.1. The summed E-state index contributed by atoms with van der Waals surface area (Å²) in [6.07, 6.45) is 5.25. The first-order chi connectivity index (χ1) is 13.8. The van der Waals surface area contributed by atoms with E-state index >= 15 is 0 Å². The van der Waals surface area contributed by atoms with E-state index in [-0.39, 0.29) is 39.7 Å². The summed E-state index contributed by atoms with van der Waals surface area (Å²) >= 11 is 0. The molecule has 29 heavy (non-hydrogen) atoms. The standard InChI is InChI=1S/C20H25N3O5S/c1-13-6-3-4-7-15(13)23-29(26,27)18-12-14(9-10-17(18)28-2)20(25)22-19-16(24)8-5-11-21-19/h5,8-13,15,23-24H,3-4,6-7H2,1-2H3,(H,21,22,25). The molecule has 2 atom stereocenters. The van der Waals surface area contributed by atoms with Crippen molar-refractivity contribution in [2.24, 2.45) is 5.92 Å². The summed E-state index contributed by atoms with van der Waals surface area (Å²) < 4.78 is 34.1. The van der Waals surface area contributed by atoms with E-state index in [9.17, 15) is 18.3 Å². The van der Waals surface area contributed by atoms with Crippen LogP contribution in [0.5, 0.6) is 11.5 Å². The minimum Gasteiger partial charge on any atom is -0.504 e. The van der Waals surface area contributed by atoms with Crippen molar-refractivity contribution in [3.63, 3.8) is 0 Å². The lowest BCUT2D eigenvalue weighted by Crippen LogP contribution is -2.41. The van der Waals surface area contributed by atoms with Gasteiger partial charge in [-0.25, -0.2) is 18.1 Å². The van der Waals surface area contributed by atoms with Crippen LogP contribution in [0.3, 0.4) is 0 Å². The Hall–Kier alpha value is -2.65. The number of pyridine rings is 1. The van der Waals surface area contributed by atoms with Crippen molar-refractivity contribution >= 4 is 21.7 Å². The van der Waals surface area contributed by atoms with Crippen molar-refractivity contribution < 1.29 is 23.1 Å². The Kier molecular flexibility index (Phi) is 6.39. The van der Waals surface area contributed by atoms with Gasteiger partial charge in [0.15, 0.2) is 11.6 Å². The Morgan fingerprint density at radius 3 is 2.69 bits per heavy atom. The van der Waals surface area contributed by atoms with Gasteiger partial charge in [0.05, 0.1) is 7.11 Å². The molecule has 2 aromatic rings. The van der Waals surface area contributed by atoms with Gasteiger partial charge >= 0.3 is 0 Å². The van der Waals surface area contributed by atoms with Crippen LogP contribution < -0.4 is 14.8 Å². The average Bonchev–Trinajstić information content (AvgIpc) is 2.70. The second-order valence-corrected chi connectivity index (χ2v) is 8.86. The van der Waals surface area contributed by atoms with Crippen molar-refractivity contribution in [2.75, 3.05) is 12.4 Å². The summed E-state index contributed by atoms with van der Waals surface area (Å²) in [5.41, 5.74) is 0.105. The molecule has 0 aliphatic heterocycles. The lowest BCUT2D eigenvalue weighted by molar-refractivity contribution is 0.102. The number of anilines is 1. The summed E-state index contributed by atoms with van der Waals surface area (Å²) in [6.45, 7) is 2.03. The zero-order chi connectivity index (χ0) is 21.0. The van der Waals surface area contributed by atoms with Crippen molar-refractivity contribution in [1.82, 2.24) is 9.71 Å². The van der Waals surface area contributed by atoms with Crippen molar-refractivity contribution in [3.05, 3.63) is 42.1 Å². The number of nitrogens with one attached hydrogen (secondary N) is 2. The highest BCUT2D eigenvalue weighted by Gasteiger charge is 2.29. The van der Waals surface area contributed by atoms with Gasteiger partial charge in [0, 0.05) is 17.8 Å². The van der Waals surface area contributed by atoms with Crippen molar-refractivity contribution in [1.29, 1.82) is 0 Å². The molecule has 1 amide bonds. The van der Waals surface area contributed by atoms with Crippen LogP contribution in [0, 0.1) is 5.92 Å². The summed E-state index contributed by atoms with van der Waals surface area (Å²) in [4.78, 5) is 16.4. The van der Waals surface area contributed by atoms with Gasteiger partial charge < -0.3 is 15.2 Å². The minimum absolute atomic E-state index is 0.00752. The molecule has 1 aliphatic carbocycles. The van der Waals surface area contributed by atoms with Gasteiger partial charge in [0.1, 0.15) is 10.6 Å². The second kappa shape index (κ2) is 8.79. The molecule has 1 heterocycles. The summed E-state index contributed by atoms with van der Waals surface area (Å²) in [7, 11) is -2.51. The van der Waals surface area contributed by atoms with E-state index in [1.54, 1.807) is 0 Å². The molecule has 0 saturated heterocycles. The molecule has 8 nitrogen and oxygen atoms in total. The molecule has 1 aliphatic rings. The minimum atomic E-state index is -3.89. The Morgan fingerprint density at radius 2 is 2.00 bits per heavy atom. The molecule has 156 valence electrons. The molecule has 1 saturated carbocycles. The van der Waals surface area contributed by atoms with E-state index < -0.39 is 15.9 Å². The monoisotopic (exact) mass is 419 g/mol. The van der Waals surface area contributed by atoms with Crippen LogP contribution in [0.1, 0.15) is 43.0 Å². The highest BCUT2D eigenvalue weighted by molar-refractivity contribution is 7.89. The largest absolute Gasteiger partial charge is 0.504 e. The maximum Gasteiger partial charge on any atom is 0.256 e. The van der Waals surface area contributed by atoms with Gasteiger partial charge in [-0.2, -0.15) is 0 Å². The first-order valence-electron chi connectivity index (χ1n) is 9.47. The molecule has 1 aromatic carbocycles. The Bertz CT molecular complexity index is 993. The third-order valence-electron chi connectivity index (χ3n) is 5.15. The van der Waals surface area contributed by atoms with Gasteiger partial charge in [-0.15, -0.1) is 0 Å². The lowest BCUT2D eigenvalue weighted by atomic mass is 9.87. The average molecular weight is 420 g/mol. The normalized spacial score (nSPS) is 19.5. The molecule has 3 N–H and O–H groups in total. The second-order valence-electron chi connectivity index (χ2n) is 7.18. The zero-order valence-electron chi connectivity index (χ0n) is 16.4. The SMILES string of the molecule is COc1ccc(C(=O)Nc2ncccc2O)cc1S(=O)(=O)NC1CCCCC1C. The number of ether oxygens (including phenoxy) is 1. The predicted molar refractivity (Wildman–Crippen MR) is 109 cm³/mol. The van der Waals surface area contributed by atoms with Crippen LogP contribution in [-0.2, 0) is 10.0 Å². The van der Waals surface area contributed by atoms with E-state index in [1.165, 1.54) is 43.6 Å². The van der Waals surface area contributed by atoms with E-state index in [4.69, 9.17) is 4.74 Å². The molecule has 1 fully saturated rings. The predicted octanol–water partition coefficient (Wildman–Crippen LogP) is 2.91. The quantitative estimate of drug-likeness (QED) is 0.663. The highest BCUT2D eigenvalue weighted by atomic mass is 32.2. The summed E-state index contributed by atoms with van der Waals surface area (Å²) in [5.74, 6) is -0.396. The van der Waals surface area contributed by atoms with Crippen LogP contribution in [0.4, 0.5) is 5.82 Å². The van der Waals surface area contributed by atoms with Gasteiger partial charge in [-0.1, -0.05) is 19.8 Å². The van der Waals surface area contributed by atoms with Gasteiger partial charge in [-0.05, 0) is 49.1 Å². The van der Waals surface area contributed by atoms with E-state index in [2.05, 4.69) is 15.0 Å². The number of aromatic hydroxyl groups is 1. The number of benzene rings is 1. The Morgan fingerprint density at radius 1 is 1.24 bits per heavy atom. The number of rotatable bonds is 6. The van der Waals surface area contributed by atoms with Crippen molar-refractivity contribution in [3.8, 4) is 11.5 Å². The molecule has 3 rings (SSSR count). The zero-order valence-corrected chi connectivity index (χ0v) is 17.2. The van der Waals surface area contributed by atoms with E-state index in [0.717, 1.165) is 25.7 Å². The summed E-state index contributed by atoms with van der Waals surface area (Å²) in [5, 5.41) is 12.3. The molecule has 2 unspecified atom stereocenters. The van der Waals surface area contributed by atoms with Crippen molar-refractivity contribution in [2.45, 2.75) is 43.5 Å². The molecule has 1 aromatic heterocycles. The third-order valence-corrected chi connectivity index (χ3v) is 6.66. The van der Waals surface area contributed by atoms with Gasteiger partial charge in [-0.3, -0.25) is 4.79 Å². The number of nitrogens with zero attached hydrogens (tertiary/aromatic N) is 1. The Labute approximate surface area is 170 Å².